The minimum absolute atomic E-state index is 0.500. The van der Waals surface area contributed by atoms with E-state index in [1.807, 2.05) is 12.1 Å². The second kappa shape index (κ2) is 7.89. The molecule has 1 heterocycles. The molecule has 0 bridgehead atoms. The standard InChI is InChI=1S/C16H19N3O2/c1-21-16(20)19-14-9-10-15(18-12-14)17-11-5-8-13-6-3-2-4-7-13/h2-4,6-7,9-10,12H,5,8,11H2,1H3,(H,17,18)(H,19,20). The number of carbonyl (C=O) groups is 1. The Morgan fingerprint density at radius 1 is 1.19 bits per heavy atom. The zero-order chi connectivity index (χ0) is 14.9. The second-order valence-corrected chi connectivity index (χ2v) is 4.56. The minimum atomic E-state index is -0.500. The van der Waals surface area contributed by atoms with Crippen molar-refractivity contribution in [1.82, 2.24) is 4.98 Å². The van der Waals surface area contributed by atoms with Gasteiger partial charge in [0.15, 0.2) is 0 Å². The molecular formula is C16H19N3O2. The average molecular weight is 285 g/mol. The van der Waals surface area contributed by atoms with Gasteiger partial charge in [-0.05, 0) is 30.5 Å². The third-order valence-corrected chi connectivity index (χ3v) is 2.99. The lowest BCUT2D eigenvalue weighted by Gasteiger charge is -2.07. The number of hydrogen-bond donors (Lipinski definition) is 2. The Balaban J connectivity index is 1.72. The first-order chi connectivity index (χ1) is 10.3. The summed E-state index contributed by atoms with van der Waals surface area (Å²) in [7, 11) is 1.32. The van der Waals surface area contributed by atoms with Crippen molar-refractivity contribution in [2.24, 2.45) is 0 Å². The summed E-state index contributed by atoms with van der Waals surface area (Å²) < 4.78 is 4.51. The van der Waals surface area contributed by atoms with E-state index in [1.54, 1.807) is 12.3 Å². The molecule has 0 aliphatic rings. The van der Waals surface area contributed by atoms with Gasteiger partial charge in [-0.1, -0.05) is 30.3 Å². The molecular weight excluding hydrogens is 266 g/mol. The van der Waals surface area contributed by atoms with Gasteiger partial charge in [0.05, 0.1) is 19.0 Å². The first kappa shape index (κ1) is 14.8. The van der Waals surface area contributed by atoms with Gasteiger partial charge in [0.25, 0.3) is 0 Å². The third-order valence-electron chi connectivity index (χ3n) is 2.99. The van der Waals surface area contributed by atoms with E-state index in [2.05, 4.69) is 44.6 Å². The highest BCUT2D eigenvalue weighted by atomic mass is 16.5. The second-order valence-electron chi connectivity index (χ2n) is 4.56. The maximum Gasteiger partial charge on any atom is 0.411 e. The number of nitrogens with one attached hydrogen (secondary N) is 2. The fourth-order valence-electron chi connectivity index (χ4n) is 1.89. The number of carbonyl (C=O) groups excluding carboxylic acids is 1. The van der Waals surface area contributed by atoms with Gasteiger partial charge in [-0.2, -0.15) is 0 Å². The molecule has 0 unspecified atom stereocenters. The number of amides is 1. The lowest BCUT2D eigenvalue weighted by atomic mass is 10.1. The van der Waals surface area contributed by atoms with Gasteiger partial charge >= 0.3 is 6.09 Å². The van der Waals surface area contributed by atoms with Crippen LogP contribution in [0.25, 0.3) is 0 Å². The number of methoxy groups -OCH3 is 1. The molecule has 0 saturated heterocycles. The van der Waals surface area contributed by atoms with Gasteiger partial charge in [-0.3, -0.25) is 5.32 Å². The lowest BCUT2D eigenvalue weighted by Crippen LogP contribution is -2.11. The maximum absolute atomic E-state index is 11.0. The van der Waals surface area contributed by atoms with Crippen LogP contribution in [0.2, 0.25) is 0 Å². The monoisotopic (exact) mass is 285 g/mol. The molecule has 2 rings (SSSR count). The number of ether oxygens (including phenoxy) is 1. The maximum atomic E-state index is 11.0. The number of aryl methyl sites for hydroxylation is 1. The van der Waals surface area contributed by atoms with Crippen molar-refractivity contribution in [1.29, 1.82) is 0 Å². The molecule has 0 aliphatic heterocycles. The van der Waals surface area contributed by atoms with Crippen molar-refractivity contribution >= 4 is 17.6 Å². The van der Waals surface area contributed by atoms with Crippen LogP contribution in [0.15, 0.2) is 48.7 Å². The number of rotatable bonds is 6. The van der Waals surface area contributed by atoms with Crippen LogP contribution in [0.3, 0.4) is 0 Å². The molecule has 0 atom stereocenters. The quantitative estimate of drug-likeness (QED) is 0.799. The Bertz CT molecular complexity index is 555. The van der Waals surface area contributed by atoms with Crippen LogP contribution in [0.5, 0.6) is 0 Å². The van der Waals surface area contributed by atoms with Gasteiger partial charge in [0, 0.05) is 6.54 Å². The minimum Gasteiger partial charge on any atom is -0.453 e. The van der Waals surface area contributed by atoms with Crippen molar-refractivity contribution in [3.8, 4) is 0 Å². The molecule has 0 spiro atoms. The summed E-state index contributed by atoms with van der Waals surface area (Å²) in [5.41, 5.74) is 1.95. The number of benzene rings is 1. The van der Waals surface area contributed by atoms with Gasteiger partial charge in [0.1, 0.15) is 5.82 Å². The van der Waals surface area contributed by atoms with Crippen LogP contribution in [0.4, 0.5) is 16.3 Å². The largest absolute Gasteiger partial charge is 0.453 e. The van der Waals surface area contributed by atoms with Crippen molar-refractivity contribution in [3.05, 3.63) is 54.2 Å². The molecule has 2 N–H and O–H groups in total. The first-order valence-corrected chi connectivity index (χ1v) is 6.87. The van der Waals surface area contributed by atoms with Gasteiger partial charge in [-0.25, -0.2) is 9.78 Å². The van der Waals surface area contributed by atoms with Crippen LogP contribution in [0, 0.1) is 0 Å². The van der Waals surface area contributed by atoms with Crippen molar-refractivity contribution in [2.75, 3.05) is 24.3 Å². The zero-order valence-electron chi connectivity index (χ0n) is 12.0. The molecule has 0 radical (unpaired) electrons. The molecule has 21 heavy (non-hydrogen) atoms. The van der Waals surface area contributed by atoms with Crippen molar-refractivity contribution in [3.63, 3.8) is 0 Å². The van der Waals surface area contributed by atoms with Crippen LogP contribution in [-0.4, -0.2) is 24.7 Å². The number of pyridine rings is 1. The molecule has 0 fully saturated rings. The molecule has 1 aromatic carbocycles. The molecule has 5 heteroatoms. The molecule has 110 valence electrons. The highest BCUT2D eigenvalue weighted by Gasteiger charge is 2.01. The van der Waals surface area contributed by atoms with Gasteiger partial charge in [-0.15, -0.1) is 0 Å². The SMILES string of the molecule is COC(=O)Nc1ccc(NCCCc2ccccc2)nc1. The van der Waals surface area contributed by atoms with Crippen LogP contribution in [0.1, 0.15) is 12.0 Å². The number of hydrogen-bond acceptors (Lipinski definition) is 4. The summed E-state index contributed by atoms with van der Waals surface area (Å²) in [4.78, 5) is 15.3. The summed E-state index contributed by atoms with van der Waals surface area (Å²) in [5.74, 6) is 0.790. The van der Waals surface area contributed by atoms with Crippen LogP contribution in [-0.2, 0) is 11.2 Å². The van der Waals surface area contributed by atoms with Crippen LogP contribution >= 0.6 is 0 Å². The molecule has 5 nitrogen and oxygen atoms in total. The highest BCUT2D eigenvalue weighted by molar-refractivity contribution is 5.84. The van der Waals surface area contributed by atoms with E-state index in [9.17, 15) is 4.79 Å². The Morgan fingerprint density at radius 2 is 2.00 bits per heavy atom. The van der Waals surface area contributed by atoms with E-state index in [4.69, 9.17) is 0 Å². The summed E-state index contributed by atoms with van der Waals surface area (Å²) in [6.45, 7) is 0.853. The lowest BCUT2D eigenvalue weighted by molar-refractivity contribution is 0.187. The molecule has 1 amide bonds. The average Bonchev–Trinajstić information content (AvgIpc) is 2.54. The van der Waals surface area contributed by atoms with E-state index < -0.39 is 6.09 Å². The highest BCUT2D eigenvalue weighted by Crippen LogP contribution is 2.10. The summed E-state index contributed by atoms with van der Waals surface area (Å²) >= 11 is 0. The number of nitrogens with zero attached hydrogens (tertiary/aromatic N) is 1. The fraction of sp³-hybridized carbons (Fsp3) is 0.250. The fourth-order valence-corrected chi connectivity index (χ4v) is 1.89. The Morgan fingerprint density at radius 3 is 2.67 bits per heavy atom. The summed E-state index contributed by atoms with van der Waals surface area (Å²) in [5, 5.41) is 5.81. The Kier molecular flexibility index (Phi) is 5.58. The van der Waals surface area contributed by atoms with E-state index >= 15 is 0 Å². The van der Waals surface area contributed by atoms with Crippen molar-refractivity contribution < 1.29 is 9.53 Å². The third kappa shape index (κ3) is 5.14. The number of anilines is 2. The zero-order valence-corrected chi connectivity index (χ0v) is 12.0. The van der Waals surface area contributed by atoms with E-state index in [0.29, 0.717) is 5.69 Å². The molecule has 1 aromatic heterocycles. The van der Waals surface area contributed by atoms with Gasteiger partial charge in [0.2, 0.25) is 0 Å². The van der Waals surface area contributed by atoms with Crippen LogP contribution < -0.4 is 10.6 Å². The molecule has 0 aliphatic carbocycles. The first-order valence-electron chi connectivity index (χ1n) is 6.87. The summed E-state index contributed by atoms with van der Waals surface area (Å²) in [6, 6.07) is 14.0. The smallest absolute Gasteiger partial charge is 0.411 e. The number of aromatic nitrogens is 1. The Labute approximate surface area is 124 Å². The Hall–Kier alpha value is -2.56. The van der Waals surface area contributed by atoms with Crippen molar-refractivity contribution in [2.45, 2.75) is 12.8 Å². The molecule has 2 aromatic rings. The van der Waals surface area contributed by atoms with Gasteiger partial charge < -0.3 is 10.1 Å². The summed E-state index contributed by atoms with van der Waals surface area (Å²) in [6.07, 6.45) is 3.17. The normalized spacial score (nSPS) is 9.95. The van der Waals surface area contributed by atoms with E-state index in [0.717, 1.165) is 25.2 Å². The topological polar surface area (TPSA) is 63.2 Å². The van der Waals surface area contributed by atoms with E-state index in [1.165, 1.54) is 12.7 Å². The molecule has 0 saturated carbocycles. The van der Waals surface area contributed by atoms with E-state index in [-0.39, 0.29) is 0 Å². The predicted molar refractivity (Wildman–Crippen MR) is 83.5 cm³/mol. The predicted octanol–water partition coefficient (Wildman–Crippen LogP) is 3.30.